The van der Waals surface area contributed by atoms with Crippen LogP contribution >= 0.6 is 23.4 Å². The smallest absolute Gasteiger partial charge is 0.162 e. The van der Waals surface area contributed by atoms with Crippen LogP contribution in [0.25, 0.3) is 22.3 Å². The minimum atomic E-state index is 0.670. The van der Waals surface area contributed by atoms with Crippen molar-refractivity contribution in [3.8, 4) is 11.4 Å². The molecule has 0 fully saturated rings. The van der Waals surface area contributed by atoms with E-state index in [0.29, 0.717) is 10.8 Å². The summed E-state index contributed by atoms with van der Waals surface area (Å²) < 4.78 is 0. The predicted molar refractivity (Wildman–Crippen MR) is 111 cm³/mol. The van der Waals surface area contributed by atoms with Crippen molar-refractivity contribution in [2.75, 3.05) is 11.6 Å². The van der Waals surface area contributed by atoms with Crippen molar-refractivity contribution in [1.29, 1.82) is 0 Å². The van der Waals surface area contributed by atoms with Crippen LogP contribution in [0, 0.1) is 0 Å². The molecule has 0 aliphatic rings. The summed E-state index contributed by atoms with van der Waals surface area (Å²) in [5, 5.41) is 5.13. The summed E-state index contributed by atoms with van der Waals surface area (Å²) in [6.07, 6.45) is 2.07. The second-order valence-corrected chi connectivity index (χ2v) is 7.09. The van der Waals surface area contributed by atoms with Crippen LogP contribution in [0.15, 0.2) is 77.7 Å². The molecule has 0 radical (unpaired) electrons. The maximum absolute atomic E-state index is 6.01. The van der Waals surface area contributed by atoms with Gasteiger partial charge in [-0.05, 0) is 60.9 Å². The first-order valence-electron chi connectivity index (χ1n) is 8.17. The minimum Gasteiger partial charge on any atom is -0.340 e. The molecule has 0 bridgehead atoms. The Balaban J connectivity index is 1.82. The number of nitrogens with one attached hydrogen (secondary N) is 1. The second kappa shape index (κ2) is 7.36. The van der Waals surface area contributed by atoms with Gasteiger partial charge in [0.15, 0.2) is 5.82 Å². The van der Waals surface area contributed by atoms with Gasteiger partial charge in [0.1, 0.15) is 5.82 Å². The third kappa shape index (κ3) is 3.52. The lowest BCUT2D eigenvalue weighted by atomic mass is 10.2. The van der Waals surface area contributed by atoms with Gasteiger partial charge in [-0.1, -0.05) is 29.8 Å². The summed E-state index contributed by atoms with van der Waals surface area (Å²) in [4.78, 5) is 10.7. The molecule has 0 atom stereocenters. The number of para-hydroxylation sites is 1. The van der Waals surface area contributed by atoms with E-state index in [2.05, 4.69) is 23.7 Å². The van der Waals surface area contributed by atoms with Crippen molar-refractivity contribution in [3.63, 3.8) is 0 Å². The molecule has 0 unspecified atom stereocenters. The van der Waals surface area contributed by atoms with Gasteiger partial charge >= 0.3 is 0 Å². The number of halogens is 1. The number of benzene rings is 3. The lowest BCUT2D eigenvalue weighted by Crippen LogP contribution is -1.99. The second-order valence-electron chi connectivity index (χ2n) is 5.78. The van der Waals surface area contributed by atoms with E-state index in [1.54, 1.807) is 11.8 Å². The molecule has 1 N–H and O–H groups in total. The highest BCUT2D eigenvalue weighted by molar-refractivity contribution is 7.98. The first-order valence-corrected chi connectivity index (χ1v) is 9.77. The number of thioether (sulfide) groups is 1. The molecule has 0 aliphatic carbocycles. The average Bonchev–Trinajstić information content (AvgIpc) is 2.68. The van der Waals surface area contributed by atoms with Gasteiger partial charge in [0.05, 0.1) is 5.52 Å². The number of rotatable bonds is 4. The zero-order valence-electron chi connectivity index (χ0n) is 14.1. The Kier molecular flexibility index (Phi) is 4.78. The van der Waals surface area contributed by atoms with Crippen LogP contribution in [0.2, 0.25) is 5.02 Å². The number of fused-ring (bicyclic) bond motifs is 1. The molecule has 4 aromatic rings. The Morgan fingerprint density at radius 2 is 1.69 bits per heavy atom. The van der Waals surface area contributed by atoms with E-state index in [9.17, 15) is 0 Å². The predicted octanol–water partition coefficient (Wildman–Crippen LogP) is 6.42. The van der Waals surface area contributed by atoms with Crippen LogP contribution in [-0.4, -0.2) is 16.2 Å². The Bertz CT molecular complexity index is 1060. The number of nitrogens with zero attached hydrogens (tertiary/aromatic N) is 2. The van der Waals surface area contributed by atoms with Crippen molar-refractivity contribution in [1.82, 2.24) is 9.97 Å². The van der Waals surface area contributed by atoms with Gasteiger partial charge in [0.25, 0.3) is 0 Å². The van der Waals surface area contributed by atoms with Crippen LogP contribution in [-0.2, 0) is 0 Å². The molecule has 0 aliphatic heterocycles. The number of anilines is 2. The SMILES string of the molecule is CSc1cccc(Nc2nc(-c3ccc(Cl)cc3)nc3ccccc23)c1. The summed E-state index contributed by atoms with van der Waals surface area (Å²) in [5.74, 6) is 1.46. The fraction of sp³-hybridized carbons (Fsp3) is 0.0476. The Labute approximate surface area is 161 Å². The van der Waals surface area contributed by atoms with Crippen molar-refractivity contribution in [2.24, 2.45) is 0 Å². The molecule has 4 rings (SSSR count). The molecule has 26 heavy (non-hydrogen) atoms. The number of aromatic nitrogens is 2. The van der Waals surface area contributed by atoms with Gasteiger partial charge in [-0.15, -0.1) is 11.8 Å². The normalized spacial score (nSPS) is 10.8. The molecule has 0 saturated heterocycles. The first kappa shape index (κ1) is 16.9. The summed E-state index contributed by atoms with van der Waals surface area (Å²) >= 11 is 7.72. The average molecular weight is 378 g/mol. The summed E-state index contributed by atoms with van der Waals surface area (Å²) in [7, 11) is 0. The Hall–Kier alpha value is -2.56. The van der Waals surface area contributed by atoms with Crippen LogP contribution < -0.4 is 5.32 Å². The fourth-order valence-electron chi connectivity index (χ4n) is 2.74. The van der Waals surface area contributed by atoms with Gasteiger partial charge in [-0.25, -0.2) is 9.97 Å². The summed E-state index contributed by atoms with van der Waals surface area (Å²) in [6.45, 7) is 0. The third-order valence-corrected chi connectivity index (χ3v) is 5.02. The zero-order chi connectivity index (χ0) is 17.9. The Morgan fingerprint density at radius 3 is 2.50 bits per heavy atom. The van der Waals surface area contributed by atoms with Gasteiger partial charge in [0.2, 0.25) is 0 Å². The van der Waals surface area contributed by atoms with Crippen LogP contribution in [0.4, 0.5) is 11.5 Å². The maximum atomic E-state index is 6.01. The Morgan fingerprint density at radius 1 is 0.885 bits per heavy atom. The van der Waals surface area contributed by atoms with Gasteiger partial charge in [0, 0.05) is 26.6 Å². The molecule has 5 heteroatoms. The van der Waals surface area contributed by atoms with Crippen LogP contribution in [0.1, 0.15) is 0 Å². The molecule has 3 aromatic carbocycles. The molecule has 1 heterocycles. The van der Waals surface area contributed by atoms with Gasteiger partial charge in [-0.3, -0.25) is 0 Å². The van der Waals surface area contributed by atoms with Crippen molar-refractivity contribution in [3.05, 3.63) is 77.8 Å². The van der Waals surface area contributed by atoms with Crippen LogP contribution in [0.5, 0.6) is 0 Å². The molecule has 0 spiro atoms. The topological polar surface area (TPSA) is 37.8 Å². The lowest BCUT2D eigenvalue weighted by Gasteiger charge is -2.12. The highest BCUT2D eigenvalue weighted by atomic mass is 35.5. The van der Waals surface area contributed by atoms with E-state index in [0.717, 1.165) is 28.0 Å². The van der Waals surface area contributed by atoms with E-state index in [4.69, 9.17) is 21.6 Å². The highest BCUT2D eigenvalue weighted by Gasteiger charge is 2.10. The molecular formula is C21H16ClN3S. The minimum absolute atomic E-state index is 0.670. The lowest BCUT2D eigenvalue weighted by molar-refractivity contribution is 1.22. The van der Waals surface area contributed by atoms with Gasteiger partial charge in [-0.2, -0.15) is 0 Å². The van der Waals surface area contributed by atoms with E-state index in [-0.39, 0.29) is 0 Å². The molecule has 128 valence electrons. The number of hydrogen-bond acceptors (Lipinski definition) is 4. The summed E-state index contributed by atoms with van der Waals surface area (Å²) in [6, 6.07) is 23.9. The molecule has 0 saturated carbocycles. The van der Waals surface area contributed by atoms with Crippen molar-refractivity contribution in [2.45, 2.75) is 4.90 Å². The fourth-order valence-corrected chi connectivity index (χ4v) is 3.32. The van der Waals surface area contributed by atoms with E-state index in [1.807, 2.05) is 60.7 Å². The quantitative estimate of drug-likeness (QED) is 0.416. The van der Waals surface area contributed by atoms with Crippen molar-refractivity contribution < 1.29 is 0 Å². The summed E-state index contributed by atoms with van der Waals surface area (Å²) in [5.41, 5.74) is 2.83. The monoisotopic (exact) mass is 377 g/mol. The zero-order valence-corrected chi connectivity index (χ0v) is 15.7. The van der Waals surface area contributed by atoms with E-state index < -0.39 is 0 Å². The number of hydrogen-bond donors (Lipinski definition) is 1. The largest absolute Gasteiger partial charge is 0.340 e. The molecule has 0 amide bonds. The maximum Gasteiger partial charge on any atom is 0.162 e. The van der Waals surface area contributed by atoms with E-state index >= 15 is 0 Å². The molecular weight excluding hydrogens is 362 g/mol. The molecule has 1 aromatic heterocycles. The standard InChI is InChI=1S/C21H16ClN3S/c1-26-17-6-4-5-16(13-17)23-21-18-7-2-3-8-19(18)24-20(25-21)14-9-11-15(22)12-10-14/h2-13H,1H3,(H,23,24,25). The highest BCUT2D eigenvalue weighted by Crippen LogP contribution is 2.29. The molecule has 3 nitrogen and oxygen atoms in total. The van der Waals surface area contributed by atoms with E-state index in [1.165, 1.54) is 4.90 Å². The van der Waals surface area contributed by atoms with Crippen LogP contribution in [0.3, 0.4) is 0 Å². The van der Waals surface area contributed by atoms with Crippen molar-refractivity contribution >= 4 is 45.8 Å². The third-order valence-electron chi connectivity index (χ3n) is 4.04. The van der Waals surface area contributed by atoms with Gasteiger partial charge < -0.3 is 5.32 Å². The first-order chi connectivity index (χ1) is 12.7.